The first-order chi connectivity index (χ1) is 12.4. The van der Waals surface area contributed by atoms with Crippen LogP contribution in [0.1, 0.15) is 32.3 Å². The number of carbonyl (C=O) groups excluding carboxylic acids is 1. The number of rotatable bonds is 6. The summed E-state index contributed by atoms with van der Waals surface area (Å²) in [4.78, 5) is 27.3. The number of carbonyl (C=O) groups is 2. The Hall–Kier alpha value is -2.81. The second-order valence-electron chi connectivity index (χ2n) is 6.81. The van der Waals surface area contributed by atoms with E-state index in [4.69, 9.17) is 5.11 Å². The fraction of sp³-hybridized carbons (Fsp3) is 0.450. The van der Waals surface area contributed by atoms with E-state index in [1.54, 1.807) is 11.1 Å². The summed E-state index contributed by atoms with van der Waals surface area (Å²) in [6, 6.07) is 12.0. The first-order valence-corrected chi connectivity index (χ1v) is 8.86. The number of piperidine rings is 1. The summed E-state index contributed by atoms with van der Waals surface area (Å²) in [6.45, 7) is 5.37. The monoisotopic (exact) mass is 355 g/mol. The lowest BCUT2D eigenvalue weighted by Gasteiger charge is -2.31. The third-order valence-corrected chi connectivity index (χ3v) is 4.65. The van der Waals surface area contributed by atoms with Crippen molar-refractivity contribution in [3.63, 3.8) is 0 Å². The zero-order chi connectivity index (χ0) is 19.1. The second kappa shape index (κ2) is 9.04. The van der Waals surface area contributed by atoms with Crippen LogP contribution < -0.4 is 0 Å². The molecule has 1 heterocycles. The molecule has 1 aromatic carbocycles. The van der Waals surface area contributed by atoms with E-state index >= 15 is 0 Å². The predicted octanol–water partition coefficient (Wildman–Crippen LogP) is 2.63. The number of amides is 1. The molecule has 0 unspecified atom stereocenters. The molecule has 1 N–H and O–H groups in total. The highest BCUT2D eigenvalue weighted by atomic mass is 16.4. The smallest absolute Gasteiger partial charge is 0.306 e. The van der Waals surface area contributed by atoms with Crippen molar-refractivity contribution in [1.29, 1.82) is 5.26 Å². The van der Waals surface area contributed by atoms with Crippen LogP contribution in [0.3, 0.4) is 0 Å². The van der Waals surface area contributed by atoms with E-state index in [1.807, 2.05) is 55.1 Å². The molecule has 0 saturated carbocycles. The fourth-order valence-electron chi connectivity index (χ4n) is 2.97. The molecule has 0 radical (unpaired) electrons. The molecular formula is C20H25N3O3. The van der Waals surface area contributed by atoms with Crippen LogP contribution in [0.5, 0.6) is 0 Å². The predicted molar refractivity (Wildman–Crippen MR) is 97.8 cm³/mol. The van der Waals surface area contributed by atoms with Crippen molar-refractivity contribution < 1.29 is 14.7 Å². The van der Waals surface area contributed by atoms with Gasteiger partial charge in [0, 0.05) is 31.9 Å². The summed E-state index contributed by atoms with van der Waals surface area (Å²) in [6.07, 6.45) is 2.48. The Labute approximate surface area is 154 Å². The van der Waals surface area contributed by atoms with Gasteiger partial charge in [0.25, 0.3) is 5.91 Å². The highest BCUT2D eigenvalue weighted by Gasteiger charge is 2.28. The molecule has 1 aliphatic rings. The first kappa shape index (κ1) is 19.5. The number of aliphatic carboxylic acids is 1. The van der Waals surface area contributed by atoms with Gasteiger partial charge in [0.15, 0.2) is 0 Å². The molecule has 0 aliphatic carbocycles. The van der Waals surface area contributed by atoms with Gasteiger partial charge in [-0.2, -0.15) is 5.26 Å². The van der Waals surface area contributed by atoms with Crippen LogP contribution in [-0.4, -0.2) is 45.9 Å². The fourth-order valence-corrected chi connectivity index (χ4v) is 2.97. The maximum atomic E-state index is 12.7. The molecule has 2 rings (SSSR count). The minimum Gasteiger partial charge on any atom is -0.481 e. The van der Waals surface area contributed by atoms with Crippen molar-refractivity contribution >= 4 is 11.9 Å². The number of nitriles is 1. The summed E-state index contributed by atoms with van der Waals surface area (Å²) in [5.41, 5.74) is 1.19. The average Bonchev–Trinajstić information content (AvgIpc) is 2.65. The second-order valence-corrected chi connectivity index (χ2v) is 6.81. The van der Waals surface area contributed by atoms with Crippen LogP contribution in [0, 0.1) is 17.2 Å². The Morgan fingerprint density at radius 1 is 1.31 bits per heavy atom. The maximum Gasteiger partial charge on any atom is 0.306 e. The van der Waals surface area contributed by atoms with Gasteiger partial charge in [-0.15, -0.1) is 0 Å². The van der Waals surface area contributed by atoms with Gasteiger partial charge < -0.3 is 14.9 Å². The van der Waals surface area contributed by atoms with Gasteiger partial charge in [-0.1, -0.05) is 30.3 Å². The highest BCUT2D eigenvalue weighted by molar-refractivity contribution is 5.97. The van der Waals surface area contributed by atoms with E-state index in [2.05, 4.69) is 0 Å². The van der Waals surface area contributed by atoms with Crippen LogP contribution in [0.15, 0.2) is 42.1 Å². The molecule has 6 heteroatoms. The number of benzene rings is 1. The van der Waals surface area contributed by atoms with Gasteiger partial charge in [-0.25, -0.2) is 0 Å². The van der Waals surface area contributed by atoms with Crippen LogP contribution in [0.25, 0.3) is 0 Å². The zero-order valence-electron chi connectivity index (χ0n) is 15.3. The molecule has 0 bridgehead atoms. The highest BCUT2D eigenvalue weighted by Crippen LogP contribution is 2.19. The summed E-state index contributed by atoms with van der Waals surface area (Å²) in [7, 11) is 0. The first-order valence-electron chi connectivity index (χ1n) is 8.86. The van der Waals surface area contributed by atoms with Crippen molar-refractivity contribution in [2.45, 2.75) is 39.3 Å². The lowest BCUT2D eigenvalue weighted by molar-refractivity contribution is -0.145. The van der Waals surface area contributed by atoms with E-state index in [0.717, 1.165) is 5.56 Å². The van der Waals surface area contributed by atoms with E-state index in [1.165, 1.54) is 0 Å². The minimum absolute atomic E-state index is 0.0865. The number of hydrogen-bond donors (Lipinski definition) is 1. The molecule has 1 fully saturated rings. The van der Waals surface area contributed by atoms with Crippen molar-refractivity contribution in [3.05, 3.63) is 47.7 Å². The SMILES string of the molecule is CC(C)N(/C=C(/C#N)C(=O)N1CCC(C(=O)O)CC1)Cc1ccccc1. The number of nitrogens with zero attached hydrogens (tertiary/aromatic N) is 3. The van der Waals surface area contributed by atoms with Crippen LogP contribution in [0.2, 0.25) is 0 Å². The Morgan fingerprint density at radius 2 is 1.92 bits per heavy atom. The topological polar surface area (TPSA) is 84.6 Å². The van der Waals surface area contributed by atoms with E-state index in [0.29, 0.717) is 32.5 Å². The van der Waals surface area contributed by atoms with Crippen molar-refractivity contribution in [2.75, 3.05) is 13.1 Å². The third-order valence-electron chi connectivity index (χ3n) is 4.65. The third kappa shape index (κ3) is 5.09. The molecule has 0 atom stereocenters. The normalized spacial score (nSPS) is 15.6. The summed E-state index contributed by atoms with van der Waals surface area (Å²) in [5, 5.41) is 18.5. The zero-order valence-corrected chi connectivity index (χ0v) is 15.3. The minimum atomic E-state index is -0.818. The molecule has 0 spiro atoms. The van der Waals surface area contributed by atoms with Crippen molar-refractivity contribution in [3.8, 4) is 6.07 Å². The van der Waals surface area contributed by atoms with E-state index in [9.17, 15) is 14.9 Å². The van der Waals surface area contributed by atoms with Gasteiger partial charge in [-0.3, -0.25) is 9.59 Å². The Bertz CT molecular complexity index is 699. The molecular weight excluding hydrogens is 330 g/mol. The molecule has 1 aromatic rings. The number of likely N-dealkylation sites (tertiary alicyclic amines) is 1. The van der Waals surface area contributed by atoms with E-state index in [-0.39, 0.29) is 17.5 Å². The largest absolute Gasteiger partial charge is 0.481 e. The van der Waals surface area contributed by atoms with Gasteiger partial charge in [-0.05, 0) is 32.3 Å². The Balaban J connectivity index is 2.10. The van der Waals surface area contributed by atoms with Crippen molar-refractivity contribution in [1.82, 2.24) is 9.80 Å². The Morgan fingerprint density at radius 3 is 2.42 bits per heavy atom. The van der Waals surface area contributed by atoms with Gasteiger partial charge in [0.05, 0.1) is 5.92 Å². The van der Waals surface area contributed by atoms with Crippen molar-refractivity contribution in [2.24, 2.45) is 5.92 Å². The number of carboxylic acid groups (broad SMARTS) is 1. The van der Waals surface area contributed by atoms with Gasteiger partial charge in [0.2, 0.25) is 0 Å². The Kier molecular flexibility index (Phi) is 6.79. The van der Waals surface area contributed by atoms with E-state index < -0.39 is 11.9 Å². The summed E-state index contributed by atoms with van der Waals surface area (Å²) >= 11 is 0. The standard InChI is InChI=1S/C20H25N3O3/c1-15(2)23(13-16-6-4-3-5-7-16)14-18(12-21)19(24)22-10-8-17(9-11-22)20(25)26/h3-7,14-15,17H,8-11,13H2,1-2H3,(H,25,26)/b18-14-. The van der Waals surface area contributed by atoms with Crippen LogP contribution >= 0.6 is 0 Å². The quantitative estimate of drug-likeness (QED) is 0.626. The maximum absolute atomic E-state index is 12.7. The summed E-state index contributed by atoms with van der Waals surface area (Å²) < 4.78 is 0. The lowest BCUT2D eigenvalue weighted by atomic mass is 9.97. The van der Waals surface area contributed by atoms with Gasteiger partial charge in [0.1, 0.15) is 11.6 Å². The molecule has 6 nitrogen and oxygen atoms in total. The number of carboxylic acids is 1. The molecule has 0 aromatic heterocycles. The molecule has 1 aliphatic heterocycles. The molecule has 1 amide bonds. The molecule has 26 heavy (non-hydrogen) atoms. The van der Waals surface area contributed by atoms with Crippen LogP contribution in [0.4, 0.5) is 0 Å². The van der Waals surface area contributed by atoms with Crippen LogP contribution in [-0.2, 0) is 16.1 Å². The molecule has 138 valence electrons. The average molecular weight is 355 g/mol. The lowest BCUT2D eigenvalue weighted by Crippen LogP contribution is -2.41. The number of hydrogen-bond acceptors (Lipinski definition) is 4. The molecule has 1 saturated heterocycles. The summed E-state index contributed by atoms with van der Waals surface area (Å²) in [5.74, 6) is -1.55. The van der Waals surface area contributed by atoms with Gasteiger partial charge >= 0.3 is 5.97 Å².